The van der Waals surface area contributed by atoms with Gasteiger partial charge in [-0.15, -0.1) is 0 Å². The molecule has 0 unspecified atom stereocenters. The maximum Gasteiger partial charge on any atom is 0.303 e. The van der Waals surface area contributed by atoms with E-state index in [0.717, 1.165) is 17.7 Å². The van der Waals surface area contributed by atoms with Gasteiger partial charge in [-0.05, 0) is 67.1 Å². The number of carbonyl (C=O) groups is 1. The van der Waals surface area contributed by atoms with E-state index in [1.165, 1.54) is 18.2 Å². The summed E-state index contributed by atoms with van der Waals surface area (Å²) in [5.74, 6) is -4.31. The number of hydrogen-bond donors (Lipinski definition) is 2. The third kappa shape index (κ3) is 8.05. The molecule has 0 radical (unpaired) electrons. The van der Waals surface area contributed by atoms with Gasteiger partial charge in [-0.3, -0.25) is 4.79 Å². The SMILES string of the molecule is O=C(O)CCCC[C@H](/C=C/c1cc(F)ccc1OCc1ccccc1Cl)Cc1cc(F)c(O)c(F)c1. The molecule has 36 heavy (non-hydrogen) atoms. The predicted molar refractivity (Wildman–Crippen MR) is 133 cm³/mol. The predicted octanol–water partition coefficient (Wildman–Crippen LogP) is 7.56. The van der Waals surface area contributed by atoms with Gasteiger partial charge in [0.15, 0.2) is 17.4 Å². The molecule has 1 atom stereocenters. The molecule has 190 valence electrons. The molecule has 0 aromatic heterocycles. The molecule has 0 heterocycles. The topological polar surface area (TPSA) is 66.8 Å². The van der Waals surface area contributed by atoms with Gasteiger partial charge in [-0.1, -0.05) is 48.4 Å². The van der Waals surface area contributed by atoms with E-state index in [9.17, 15) is 23.1 Å². The smallest absolute Gasteiger partial charge is 0.303 e. The molecule has 0 bridgehead atoms. The fourth-order valence-corrected chi connectivity index (χ4v) is 3.97. The summed E-state index contributed by atoms with van der Waals surface area (Å²) >= 11 is 6.19. The molecule has 0 amide bonds. The number of benzene rings is 3. The molecular formula is C28H26ClF3O4. The first kappa shape index (κ1) is 27.1. The zero-order valence-electron chi connectivity index (χ0n) is 19.4. The van der Waals surface area contributed by atoms with Crippen LogP contribution in [0, 0.1) is 23.4 Å². The first-order valence-electron chi connectivity index (χ1n) is 11.5. The minimum atomic E-state index is -1.06. The number of aliphatic carboxylic acids is 1. The molecule has 3 aromatic carbocycles. The summed E-state index contributed by atoms with van der Waals surface area (Å²) in [6, 6.07) is 13.5. The minimum Gasteiger partial charge on any atom is -0.503 e. The molecule has 0 aliphatic heterocycles. The minimum absolute atomic E-state index is 0.0167. The van der Waals surface area contributed by atoms with Crippen molar-refractivity contribution in [1.29, 1.82) is 0 Å². The van der Waals surface area contributed by atoms with Crippen LogP contribution in [-0.4, -0.2) is 16.2 Å². The van der Waals surface area contributed by atoms with E-state index in [1.54, 1.807) is 24.3 Å². The van der Waals surface area contributed by atoms with Gasteiger partial charge in [0, 0.05) is 22.6 Å². The van der Waals surface area contributed by atoms with Gasteiger partial charge < -0.3 is 14.9 Å². The molecular weight excluding hydrogens is 493 g/mol. The highest BCUT2D eigenvalue weighted by Crippen LogP contribution is 2.28. The van der Waals surface area contributed by atoms with Gasteiger partial charge in [0.2, 0.25) is 0 Å². The third-order valence-corrected chi connectivity index (χ3v) is 6.02. The van der Waals surface area contributed by atoms with Crippen molar-refractivity contribution in [3.63, 3.8) is 0 Å². The molecule has 4 nitrogen and oxygen atoms in total. The van der Waals surface area contributed by atoms with E-state index in [1.807, 2.05) is 12.1 Å². The average Bonchev–Trinajstić information content (AvgIpc) is 2.83. The van der Waals surface area contributed by atoms with Crippen LogP contribution in [0.5, 0.6) is 11.5 Å². The lowest BCUT2D eigenvalue weighted by atomic mass is 9.92. The van der Waals surface area contributed by atoms with Crippen LogP contribution in [0.15, 0.2) is 60.7 Å². The highest BCUT2D eigenvalue weighted by atomic mass is 35.5. The van der Waals surface area contributed by atoms with Gasteiger partial charge in [-0.25, -0.2) is 13.2 Å². The monoisotopic (exact) mass is 518 g/mol. The number of unbranched alkanes of at least 4 members (excludes halogenated alkanes) is 1. The summed E-state index contributed by atoms with van der Waals surface area (Å²) in [5.41, 5.74) is 1.58. The van der Waals surface area contributed by atoms with Crippen LogP contribution in [0.25, 0.3) is 6.08 Å². The highest BCUT2D eigenvalue weighted by molar-refractivity contribution is 6.31. The van der Waals surface area contributed by atoms with E-state index in [2.05, 4.69) is 0 Å². The Morgan fingerprint density at radius 1 is 1.03 bits per heavy atom. The van der Waals surface area contributed by atoms with Crippen LogP contribution >= 0.6 is 11.6 Å². The number of hydrogen-bond acceptors (Lipinski definition) is 3. The van der Waals surface area contributed by atoms with Gasteiger partial charge in [0.25, 0.3) is 0 Å². The summed E-state index contributed by atoms with van der Waals surface area (Å²) < 4.78 is 47.6. The Hall–Kier alpha value is -3.45. The maximum absolute atomic E-state index is 14.0. The van der Waals surface area contributed by atoms with Crippen molar-refractivity contribution in [2.24, 2.45) is 5.92 Å². The van der Waals surface area contributed by atoms with Crippen LogP contribution in [0.2, 0.25) is 5.02 Å². The quantitative estimate of drug-likeness (QED) is 0.243. The number of carboxylic acids is 1. The Labute approximate surface area is 212 Å². The first-order valence-corrected chi connectivity index (χ1v) is 11.8. The number of halogens is 4. The number of allylic oxidation sites excluding steroid dienone is 1. The second-order valence-electron chi connectivity index (χ2n) is 8.43. The normalized spacial score (nSPS) is 12.1. The lowest BCUT2D eigenvalue weighted by molar-refractivity contribution is -0.137. The summed E-state index contributed by atoms with van der Waals surface area (Å²) in [6.07, 6.45) is 5.29. The standard InChI is InChI=1S/C28H26ClF3O4/c29-23-7-3-2-6-21(23)17-36-26-12-11-22(30)16-20(26)10-9-18(5-1-4-8-27(33)34)13-19-14-24(31)28(35)25(32)15-19/h2-3,6-7,9-12,14-16,18,35H,1,4-5,8,13,17H2,(H,33,34)/b10-9+/t18-/m1/s1. The molecule has 8 heteroatoms. The van der Waals surface area contributed by atoms with Crippen molar-refractivity contribution >= 4 is 23.6 Å². The Kier molecular flexibility index (Phi) is 9.82. The lowest BCUT2D eigenvalue weighted by Crippen LogP contribution is -2.04. The lowest BCUT2D eigenvalue weighted by Gasteiger charge is -2.15. The molecule has 3 aromatic rings. The van der Waals surface area contributed by atoms with Crippen LogP contribution in [-0.2, 0) is 17.8 Å². The van der Waals surface area contributed by atoms with E-state index in [0.29, 0.717) is 41.2 Å². The second-order valence-corrected chi connectivity index (χ2v) is 8.84. The Morgan fingerprint density at radius 3 is 2.44 bits per heavy atom. The molecule has 0 aliphatic carbocycles. The summed E-state index contributed by atoms with van der Waals surface area (Å²) in [6.45, 7) is 0.177. The molecule has 0 fully saturated rings. The Bertz CT molecular complexity index is 1210. The molecule has 0 saturated heterocycles. The van der Waals surface area contributed by atoms with Gasteiger partial charge >= 0.3 is 5.97 Å². The van der Waals surface area contributed by atoms with Crippen LogP contribution in [0.4, 0.5) is 13.2 Å². The van der Waals surface area contributed by atoms with E-state index in [4.69, 9.17) is 21.4 Å². The molecule has 0 spiro atoms. The molecule has 3 rings (SSSR count). The molecule has 0 saturated carbocycles. The van der Waals surface area contributed by atoms with Crippen molar-refractivity contribution in [3.05, 3.63) is 99.8 Å². The molecule has 2 N–H and O–H groups in total. The van der Waals surface area contributed by atoms with Crippen LogP contribution < -0.4 is 4.74 Å². The van der Waals surface area contributed by atoms with Crippen molar-refractivity contribution in [2.75, 3.05) is 0 Å². The number of phenols is 1. The second kappa shape index (κ2) is 13.0. The number of ether oxygens (including phenoxy) is 1. The summed E-state index contributed by atoms with van der Waals surface area (Å²) in [5, 5.41) is 18.8. The van der Waals surface area contributed by atoms with Crippen molar-refractivity contribution in [3.8, 4) is 11.5 Å². The van der Waals surface area contributed by atoms with Crippen molar-refractivity contribution in [1.82, 2.24) is 0 Å². The Morgan fingerprint density at radius 2 is 1.75 bits per heavy atom. The van der Waals surface area contributed by atoms with Crippen molar-refractivity contribution in [2.45, 2.75) is 38.7 Å². The zero-order chi connectivity index (χ0) is 26.1. The maximum atomic E-state index is 14.0. The largest absolute Gasteiger partial charge is 0.503 e. The first-order chi connectivity index (χ1) is 17.2. The van der Waals surface area contributed by atoms with E-state index < -0.39 is 29.2 Å². The number of rotatable bonds is 12. The fraction of sp³-hybridized carbons (Fsp3) is 0.250. The van der Waals surface area contributed by atoms with Gasteiger partial charge in [0.1, 0.15) is 18.2 Å². The van der Waals surface area contributed by atoms with E-state index in [-0.39, 0.29) is 25.4 Å². The van der Waals surface area contributed by atoms with Crippen molar-refractivity contribution < 1.29 is 32.9 Å². The van der Waals surface area contributed by atoms with Gasteiger partial charge in [0.05, 0.1) is 0 Å². The molecule has 0 aliphatic rings. The van der Waals surface area contributed by atoms with Gasteiger partial charge in [-0.2, -0.15) is 0 Å². The third-order valence-electron chi connectivity index (χ3n) is 5.65. The zero-order valence-corrected chi connectivity index (χ0v) is 20.1. The number of phenolic OH excluding ortho intramolecular Hbond substituents is 1. The number of aromatic hydroxyl groups is 1. The van der Waals surface area contributed by atoms with E-state index >= 15 is 0 Å². The Balaban J connectivity index is 1.80. The average molecular weight is 519 g/mol. The summed E-state index contributed by atoms with van der Waals surface area (Å²) in [7, 11) is 0. The summed E-state index contributed by atoms with van der Waals surface area (Å²) in [4.78, 5) is 10.8. The highest BCUT2D eigenvalue weighted by Gasteiger charge is 2.14. The number of carboxylic acid groups (broad SMARTS) is 1. The van der Waals surface area contributed by atoms with Crippen LogP contribution in [0.3, 0.4) is 0 Å². The fourth-order valence-electron chi connectivity index (χ4n) is 3.78. The van der Waals surface area contributed by atoms with Crippen LogP contribution in [0.1, 0.15) is 42.4 Å².